The predicted molar refractivity (Wildman–Crippen MR) is 77.8 cm³/mol. The molecule has 0 unspecified atom stereocenters. The van der Waals surface area contributed by atoms with E-state index in [1.807, 2.05) is 0 Å². The summed E-state index contributed by atoms with van der Waals surface area (Å²) in [7, 11) is 0. The van der Waals surface area contributed by atoms with Crippen LogP contribution in [0.1, 0.15) is 43.5 Å². The van der Waals surface area contributed by atoms with Crippen LogP contribution in [0.5, 0.6) is 0 Å². The highest BCUT2D eigenvalue weighted by Crippen LogP contribution is 2.32. The number of pyridine rings is 1. The smallest absolute Gasteiger partial charge is 0.0761 e. The summed E-state index contributed by atoms with van der Waals surface area (Å²) in [5.41, 5.74) is 8.45. The molecule has 3 N–H and O–H groups in total. The van der Waals surface area contributed by atoms with Crippen molar-refractivity contribution >= 4 is 16.6 Å². The number of anilines is 1. The van der Waals surface area contributed by atoms with E-state index in [0.717, 1.165) is 34.3 Å². The standard InChI is InChI=1S/C15H21N3/c1-5-13-10(4)14(18-16)12-8-6-7-11(9(2)3)15(12)17-13/h6-9H,5,16H2,1-4H3,(H,17,18). The predicted octanol–water partition coefficient (Wildman–Crippen LogP) is 3.51. The van der Waals surface area contributed by atoms with E-state index >= 15 is 0 Å². The van der Waals surface area contributed by atoms with Gasteiger partial charge in [-0.15, -0.1) is 0 Å². The van der Waals surface area contributed by atoms with E-state index in [2.05, 4.69) is 51.3 Å². The van der Waals surface area contributed by atoms with Gasteiger partial charge in [-0.2, -0.15) is 0 Å². The van der Waals surface area contributed by atoms with Gasteiger partial charge in [0.1, 0.15) is 0 Å². The highest BCUT2D eigenvalue weighted by Gasteiger charge is 2.13. The number of hydrogen-bond acceptors (Lipinski definition) is 3. The van der Waals surface area contributed by atoms with Crippen LogP contribution >= 0.6 is 0 Å². The number of hydrazine groups is 1. The number of nitrogen functional groups attached to an aromatic ring is 1. The molecule has 0 aliphatic rings. The maximum absolute atomic E-state index is 5.69. The molecule has 0 amide bonds. The average Bonchev–Trinajstić information content (AvgIpc) is 2.37. The Morgan fingerprint density at radius 1 is 1.33 bits per heavy atom. The highest BCUT2D eigenvalue weighted by atomic mass is 15.2. The average molecular weight is 243 g/mol. The van der Waals surface area contributed by atoms with Crippen LogP contribution in [0.15, 0.2) is 18.2 Å². The first kappa shape index (κ1) is 12.8. The van der Waals surface area contributed by atoms with Crippen molar-refractivity contribution in [2.45, 2.75) is 40.0 Å². The van der Waals surface area contributed by atoms with Gasteiger partial charge < -0.3 is 5.43 Å². The lowest BCUT2D eigenvalue weighted by Gasteiger charge is -2.16. The SMILES string of the molecule is CCc1nc2c(C(C)C)cccc2c(NN)c1C. The molecule has 3 nitrogen and oxygen atoms in total. The Hall–Kier alpha value is -1.61. The number of nitrogens with one attached hydrogen (secondary N) is 1. The first-order valence-corrected chi connectivity index (χ1v) is 6.48. The summed E-state index contributed by atoms with van der Waals surface area (Å²) in [5.74, 6) is 6.15. The molecule has 0 saturated carbocycles. The Bertz CT molecular complexity index is 573. The maximum Gasteiger partial charge on any atom is 0.0761 e. The van der Waals surface area contributed by atoms with Crippen molar-refractivity contribution in [1.29, 1.82) is 0 Å². The molecule has 3 heteroatoms. The fraction of sp³-hybridized carbons (Fsp3) is 0.400. The van der Waals surface area contributed by atoms with Gasteiger partial charge in [-0.05, 0) is 30.4 Å². The van der Waals surface area contributed by atoms with Crippen molar-refractivity contribution in [2.75, 3.05) is 5.43 Å². The molecule has 0 fully saturated rings. The Kier molecular flexibility index (Phi) is 3.53. The summed E-state index contributed by atoms with van der Waals surface area (Å²) >= 11 is 0. The number of fused-ring (bicyclic) bond motifs is 1. The van der Waals surface area contributed by atoms with Gasteiger partial charge >= 0.3 is 0 Å². The van der Waals surface area contributed by atoms with Crippen LogP contribution in [0, 0.1) is 6.92 Å². The van der Waals surface area contributed by atoms with Gasteiger partial charge in [0.2, 0.25) is 0 Å². The van der Waals surface area contributed by atoms with Crippen LogP contribution in [-0.2, 0) is 6.42 Å². The second-order valence-corrected chi connectivity index (χ2v) is 4.95. The van der Waals surface area contributed by atoms with E-state index in [0.29, 0.717) is 5.92 Å². The van der Waals surface area contributed by atoms with E-state index in [-0.39, 0.29) is 0 Å². The molecule has 1 aromatic carbocycles. The van der Waals surface area contributed by atoms with Crippen LogP contribution in [0.25, 0.3) is 10.9 Å². The van der Waals surface area contributed by atoms with E-state index in [9.17, 15) is 0 Å². The lowest BCUT2D eigenvalue weighted by Crippen LogP contribution is -2.11. The Morgan fingerprint density at radius 2 is 2.06 bits per heavy atom. The molecule has 18 heavy (non-hydrogen) atoms. The second-order valence-electron chi connectivity index (χ2n) is 4.95. The maximum atomic E-state index is 5.69. The minimum Gasteiger partial charge on any atom is -0.323 e. The summed E-state index contributed by atoms with van der Waals surface area (Å²) in [4.78, 5) is 4.83. The van der Waals surface area contributed by atoms with Crippen molar-refractivity contribution in [3.05, 3.63) is 35.0 Å². The number of aryl methyl sites for hydroxylation is 1. The lowest BCUT2D eigenvalue weighted by molar-refractivity contribution is 0.870. The number of nitrogens with zero attached hydrogens (tertiary/aromatic N) is 1. The molecule has 0 aliphatic carbocycles. The topological polar surface area (TPSA) is 50.9 Å². The molecule has 2 rings (SSSR count). The number of para-hydroxylation sites is 1. The third kappa shape index (κ3) is 1.95. The van der Waals surface area contributed by atoms with Gasteiger partial charge in [0.25, 0.3) is 0 Å². The Morgan fingerprint density at radius 3 is 2.61 bits per heavy atom. The van der Waals surface area contributed by atoms with Crippen LogP contribution in [-0.4, -0.2) is 4.98 Å². The summed E-state index contributed by atoms with van der Waals surface area (Å²) in [6.07, 6.45) is 0.920. The van der Waals surface area contributed by atoms with Gasteiger partial charge in [0, 0.05) is 11.1 Å². The van der Waals surface area contributed by atoms with E-state index in [1.54, 1.807) is 0 Å². The normalized spacial score (nSPS) is 11.2. The Labute approximate surface area is 108 Å². The molecule has 0 bridgehead atoms. The van der Waals surface area contributed by atoms with E-state index in [4.69, 9.17) is 10.8 Å². The van der Waals surface area contributed by atoms with E-state index in [1.165, 1.54) is 5.56 Å². The zero-order valence-electron chi connectivity index (χ0n) is 11.5. The quantitative estimate of drug-likeness (QED) is 0.640. The highest BCUT2D eigenvalue weighted by molar-refractivity contribution is 5.95. The monoisotopic (exact) mass is 243 g/mol. The number of aromatic nitrogens is 1. The number of nitrogens with two attached hydrogens (primary N) is 1. The summed E-state index contributed by atoms with van der Waals surface area (Å²) < 4.78 is 0. The van der Waals surface area contributed by atoms with Crippen LogP contribution in [0.2, 0.25) is 0 Å². The van der Waals surface area contributed by atoms with Crippen molar-refractivity contribution in [1.82, 2.24) is 4.98 Å². The molecule has 96 valence electrons. The molecule has 1 heterocycles. The number of hydrogen-bond donors (Lipinski definition) is 2. The fourth-order valence-corrected chi connectivity index (χ4v) is 2.45. The first-order chi connectivity index (χ1) is 8.60. The molecule has 0 radical (unpaired) electrons. The van der Waals surface area contributed by atoms with Crippen LogP contribution < -0.4 is 11.3 Å². The molecular formula is C15H21N3. The number of benzene rings is 1. The second kappa shape index (κ2) is 4.94. The third-order valence-corrected chi connectivity index (χ3v) is 3.49. The van der Waals surface area contributed by atoms with Gasteiger partial charge in [0.15, 0.2) is 0 Å². The summed E-state index contributed by atoms with van der Waals surface area (Å²) in [5, 5.41) is 1.11. The van der Waals surface area contributed by atoms with Crippen molar-refractivity contribution < 1.29 is 0 Å². The van der Waals surface area contributed by atoms with Crippen LogP contribution in [0.4, 0.5) is 5.69 Å². The molecule has 0 atom stereocenters. The molecule has 0 spiro atoms. The molecule has 1 aromatic heterocycles. The van der Waals surface area contributed by atoms with Gasteiger partial charge in [0.05, 0.1) is 11.2 Å². The lowest BCUT2D eigenvalue weighted by atomic mass is 9.97. The summed E-state index contributed by atoms with van der Waals surface area (Å²) in [6, 6.07) is 6.30. The van der Waals surface area contributed by atoms with Gasteiger partial charge in [-0.25, -0.2) is 0 Å². The molecule has 0 saturated heterocycles. The zero-order chi connectivity index (χ0) is 13.3. The van der Waals surface area contributed by atoms with Gasteiger partial charge in [-0.3, -0.25) is 10.8 Å². The first-order valence-electron chi connectivity index (χ1n) is 6.48. The van der Waals surface area contributed by atoms with Crippen molar-refractivity contribution in [3.63, 3.8) is 0 Å². The summed E-state index contributed by atoms with van der Waals surface area (Å²) in [6.45, 7) is 8.58. The molecule has 2 aromatic rings. The van der Waals surface area contributed by atoms with Gasteiger partial charge in [-0.1, -0.05) is 39.0 Å². The minimum atomic E-state index is 0.458. The largest absolute Gasteiger partial charge is 0.323 e. The van der Waals surface area contributed by atoms with Crippen molar-refractivity contribution in [3.8, 4) is 0 Å². The Balaban J connectivity index is 2.87. The molecule has 0 aliphatic heterocycles. The van der Waals surface area contributed by atoms with E-state index < -0.39 is 0 Å². The molecular weight excluding hydrogens is 222 g/mol. The van der Waals surface area contributed by atoms with Crippen LogP contribution in [0.3, 0.4) is 0 Å². The number of rotatable bonds is 3. The zero-order valence-corrected chi connectivity index (χ0v) is 11.5. The minimum absolute atomic E-state index is 0.458. The van der Waals surface area contributed by atoms with Crippen molar-refractivity contribution in [2.24, 2.45) is 5.84 Å². The fourth-order valence-electron chi connectivity index (χ4n) is 2.45. The third-order valence-electron chi connectivity index (χ3n) is 3.49.